The number of aromatic nitrogens is 2. The molecular weight excluding hydrogens is 381 g/mol. The molecule has 0 aliphatic heterocycles. The number of hydrogen-bond acceptors (Lipinski definition) is 3. The Labute approximate surface area is 173 Å². The van der Waals surface area contributed by atoms with Crippen molar-refractivity contribution < 1.29 is 14.3 Å². The summed E-state index contributed by atoms with van der Waals surface area (Å²) in [5, 5.41) is 19.2. The van der Waals surface area contributed by atoms with Gasteiger partial charge in [0, 0.05) is 11.1 Å². The molecule has 0 radical (unpaired) electrons. The lowest BCUT2D eigenvalue weighted by atomic mass is 9.94. The van der Waals surface area contributed by atoms with Crippen LogP contribution in [-0.4, -0.2) is 27.8 Å². The van der Waals surface area contributed by atoms with Crippen LogP contribution in [0.1, 0.15) is 17.2 Å². The van der Waals surface area contributed by atoms with Crippen molar-refractivity contribution >= 4 is 5.97 Å². The number of carboxylic acids is 1. The Hall–Kier alpha value is -3.77. The molecule has 1 atom stereocenters. The topological polar surface area (TPSA) is 78.0 Å². The summed E-state index contributed by atoms with van der Waals surface area (Å²) in [7, 11) is 0. The van der Waals surface area contributed by atoms with Crippen molar-refractivity contribution in [3.8, 4) is 22.4 Å². The smallest absolute Gasteiger partial charge is 0.317 e. The van der Waals surface area contributed by atoms with Crippen molar-refractivity contribution in [3.63, 3.8) is 0 Å². The highest BCUT2D eigenvalue weighted by atomic mass is 19.1. The summed E-state index contributed by atoms with van der Waals surface area (Å²) in [6.45, 7) is -0.243. The Morgan fingerprint density at radius 1 is 0.967 bits per heavy atom. The molecule has 5 nitrogen and oxygen atoms in total. The SMILES string of the molecule is O=C(O)CNC(c1ccc(-c2ccccc2)cc1)c1cn[nH]c1-c1ccccc1F. The predicted octanol–water partition coefficient (Wildman–Crippen LogP) is 4.65. The van der Waals surface area contributed by atoms with E-state index >= 15 is 0 Å². The first kappa shape index (κ1) is 19.5. The zero-order chi connectivity index (χ0) is 20.9. The number of hydrogen-bond donors (Lipinski definition) is 3. The number of nitrogens with zero attached hydrogens (tertiary/aromatic N) is 1. The van der Waals surface area contributed by atoms with Crippen molar-refractivity contribution in [1.82, 2.24) is 15.5 Å². The van der Waals surface area contributed by atoms with Gasteiger partial charge in [-0.1, -0.05) is 66.7 Å². The second kappa shape index (κ2) is 8.71. The van der Waals surface area contributed by atoms with Crippen molar-refractivity contribution in [3.05, 3.63) is 102 Å². The molecule has 0 bridgehead atoms. The Balaban J connectivity index is 1.73. The van der Waals surface area contributed by atoms with Gasteiger partial charge in [-0.2, -0.15) is 5.10 Å². The molecule has 0 fully saturated rings. The largest absolute Gasteiger partial charge is 0.480 e. The molecule has 3 aromatic carbocycles. The highest BCUT2D eigenvalue weighted by molar-refractivity contribution is 5.70. The number of carbonyl (C=O) groups is 1. The summed E-state index contributed by atoms with van der Waals surface area (Å²) in [4.78, 5) is 11.2. The number of carboxylic acid groups (broad SMARTS) is 1. The van der Waals surface area contributed by atoms with Gasteiger partial charge in [-0.25, -0.2) is 4.39 Å². The number of benzene rings is 3. The Morgan fingerprint density at radius 3 is 2.33 bits per heavy atom. The molecular formula is C24H20FN3O2. The number of aliphatic carboxylic acids is 1. The van der Waals surface area contributed by atoms with Gasteiger partial charge in [-0.15, -0.1) is 0 Å². The molecule has 150 valence electrons. The van der Waals surface area contributed by atoms with E-state index in [1.165, 1.54) is 6.07 Å². The quantitative estimate of drug-likeness (QED) is 0.421. The Kier molecular flexibility index (Phi) is 5.68. The van der Waals surface area contributed by atoms with E-state index in [1.807, 2.05) is 54.6 Å². The lowest BCUT2D eigenvalue weighted by Crippen LogP contribution is -2.28. The molecule has 0 saturated carbocycles. The van der Waals surface area contributed by atoms with Crippen LogP contribution in [0, 0.1) is 5.82 Å². The lowest BCUT2D eigenvalue weighted by molar-refractivity contribution is -0.136. The van der Waals surface area contributed by atoms with E-state index in [4.69, 9.17) is 0 Å². The fourth-order valence-corrected chi connectivity index (χ4v) is 3.49. The Morgan fingerprint density at radius 2 is 1.63 bits per heavy atom. The fourth-order valence-electron chi connectivity index (χ4n) is 3.49. The second-order valence-electron chi connectivity index (χ2n) is 6.88. The highest BCUT2D eigenvalue weighted by Crippen LogP contribution is 2.32. The Bertz CT molecular complexity index is 1140. The van der Waals surface area contributed by atoms with Gasteiger partial charge in [-0.05, 0) is 28.8 Å². The van der Waals surface area contributed by atoms with E-state index in [1.54, 1.807) is 24.4 Å². The minimum Gasteiger partial charge on any atom is -0.480 e. The van der Waals surface area contributed by atoms with Crippen molar-refractivity contribution in [1.29, 1.82) is 0 Å². The first-order valence-electron chi connectivity index (χ1n) is 9.52. The normalized spacial score (nSPS) is 11.9. The van der Waals surface area contributed by atoms with Gasteiger partial charge < -0.3 is 5.11 Å². The molecule has 0 aliphatic rings. The summed E-state index contributed by atoms with van der Waals surface area (Å²) >= 11 is 0. The molecule has 0 spiro atoms. The van der Waals surface area contributed by atoms with Gasteiger partial charge in [-0.3, -0.25) is 15.2 Å². The van der Waals surface area contributed by atoms with Gasteiger partial charge in [0.25, 0.3) is 0 Å². The van der Waals surface area contributed by atoms with Gasteiger partial charge in [0.1, 0.15) is 5.82 Å². The average Bonchev–Trinajstić information content (AvgIpc) is 3.24. The third kappa shape index (κ3) is 4.14. The van der Waals surface area contributed by atoms with Crippen LogP contribution in [-0.2, 0) is 4.79 Å². The summed E-state index contributed by atoms with van der Waals surface area (Å²) in [5.41, 5.74) is 4.58. The second-order valence-corrected chi connectivity index (χ2v) is 6.88. The first-order chi connectivity index (χ1) is 14.6. The molecule has 0 aliphatic carbocycles. The van der Waals surface area contributed by atoms with E-state index in [2.05, 4.69) is 15.5 Å². The van der Waals surface area contributed by atoms with Crippen LogP contribution in [0.5, 0.6) is 0 Å². The zero-order valence-electron chi connectivity index (χ0n) is 16.0. The van der Waals surface area contributed by atoms with E-state index in [0.717, 1.165) is 16.7 Å². The van der Waals surface area contributed by atoms with Crippen LogP contribution in [0.2, 0.25) is 0 Å². The van der Waals surface area contributed by atoms with Gasteiger partial charge >= 0.3 is 5.97 Å². The van der Waals surface area contributed by atoms with E-state index in [9.17, 15) is 14.3 Å². The summed E-state index contributed by atoms with van der Waals surface area (Å²) < 4.78 is 14.4. The van der Waals surface area contributed by atoms with Crippen LogP contribution >= 0.6 is 0 Å². The number of rotatable bonds is 7. The van der Waals surface area contributed by atoms with E-state index in [0.29, 0.717) is 16.8 Å². The minimum absolute atomic E-state index is 0.243. The summed E-state index contributed by atoms with van der Waals surface area (Å²) in [6.07, 6.45) is 1.60. The fraction of sp³-hybridized carbons (Fsp3) is 0.0833. The molecule has 1 aromatic heterocycles. The third-order valence-electron chi connectivity index (χ3n) is 4.93. The van der Waals surface area contributed by atoms with Crippen LogP contribution < -0.4 is 5.32 Å². The average molecular weight is 401 g/mol. The maximum absolute atomic E-state index is 14.4. The predicted molar refractivity (Wildman–Crippen MR) is 113 cm³/mol. The first-order valence-corrected chi connectivity index (χ1v) is 9.52. The summed E-state index contributed by atoms with van der Waals surface area (Å²) in [5.74, 6) is -1.35. The molecule has 30 heavy (non-hydrogen) atoms. The third-order valence-corrected chi connectivity index (χ3v) is 4.93. The van der Waals surface area contributed by atoms with Gasteiger partial charge in [0.05, 0.1) is 24.5 Å². The molecule has 0 saturated heterocycles. The maximum Gasteiger partial charge on any atom is 0.317 e. The lowest BCUT2D eigenvalue weighted by Gasteiger charge is -2.19. The van der Waals surface area contributed by atoms with Crippen LogP contribution in [0.15, 0.2) is 85.1 Å². The monoisotopic (exact) mass is 401 g/mol. The molecule has 0 amide bonds. The van der Waals surface area contributed by atoms with Crippen molar-refractivity contribution in [2.24, 2.45) is 0 Å². The molecule has 4 rings (SSSR count). The van der Waals surface area contributed by atoms with Crippen molar-refractivity contribution in [2.75, 3.05) is 6.54 Å². The molecule has 4 aromatic rings. The highest BCUT2D eigenvalue weighted by Gasteiger charge is 2.22. The minimum atomic E-state index is -0.975. The van der Waals surface area contributed by atoms with Crippen LogP contribution in [0.25, 0.3) is 22.4 Å². The van der Waals surface area contributed by atoms with Gasteiger partial charge in [0.15, 0.2) is 0 Å². The number of aromatic amines is 1. The number of nitrogens with one attached hydrogen (secondary N) is 2. The van der Waals surface area contributed by atoms with Gasteiger partial charge in [0.2, 0.25) is 0 Å². The number of H-pyrrole nitrogens is 1. The van der Waals surface area contributed by atoms with Crippen LogP contribution in [0.4, 0.5) is 4.39 Å². The number of halogens is 1. The zero-order valence-corrected chi connectivity index (χ0v) is 16.0. The molecule has 6 heteroatoms. The maximum atomic E-state index is 14.4. The van der Waals surface area contributed by atoms with E-state index in [-0.39, 0.29) is 12.4 Å². The van der Waals surface area contributed by atoms with Crippen LogP contribution in [0.3, 0.4) is 0 Å². The van der Waals surface area contributed by atoms with Crippen molar-refractivity contribution in [2.45, 2.75) is 6.04 Å². The molecule has 1 unspecified atom stereocenters. The standard InChI is InChI=1S/C24H20FN3O2/c25-21-9-5-4-8-19(21)24-20(14-27-28-24)23(26-15-22(29)30)18-12-10-17(11-13-18)16-6-2-1-3-7-16/h1-14,23,26H,15H2,(H,27,28)(H,29,30). The molecule has 1 heterocycles. The molecule has 3 N–H and O–H groups in total. The summed E-state index contributed by atoms with van der Waals surface area (Å²) in [6, 6.07) is 23.8. The van der Waals surface area contributed by atoms with E-state index < -0.39 is 12.0 Å².